The van der Waals surface area contributed by atoms with Crippen molar-refractivity contribution in [2.75, 3.05) is 4.90 Å². The first kappa shape index (κ1) is 27.1. The summed E-state index contributed by atoms with van der Waals surface area (Å²) in [7, 11) is 0. The zero-order valence-electron chi connectivity index (χ0n) is 26.7. The van der Waals surface area contributed by atoms with Crippen molar-refractivity contribution in [3.05, 3.63) is 163 Å². The Morgan fingerprint density at radius 3 is 2.02 bits per heavy atom. The van der Waals surface area contributed by atoms with Crippen LogP contribution in [0.3, 0.4) is 0 Å². The Balaban J connectivity index is 1.25. The van der Waals surface area contributed by atoms with Crippen molar-refractivity contribution in [2.45, 2.75) is 19.3 Å². The van der Waals surface area contributed by atoms with Gasteiger partial charge in [0.15, 0.2) is 0 Å². The summed E-state index contributed by atoms with van der Waals surface area (Å²) in [6.45, 7) is 4.68. The van der Waals surface area contributed by atoms with Crippen molar-refractivity contribution in [1.82, 2.24) is 0 Å². The maximum Gasteiger partial charge on any atom is 0.137 e. The second-order valence-corrected chi connectivity index (χ2v) is 13.3. The van der Waals surface area contributed by atoms with Gasteiger partial charge in [0.1, 0.15) is 22.3 Å². The van der Waals surface area contributed by atoms with Crippen LogP contribution in [0.2, 0.25) is 0 Å². The number of hydrogen-bond donors (Lipinski definition) is 0. The SMILES string of the molecule is CC1(C)c2ccccc2-c2ccc(N(c3ccc4oc5ccccc5c4c3)c3cccc4oc5ccc(-c6ccccc6)cc5c34)cc21. The van der Waals surface area contributed by atoms with Gasteiger partial charge in [-0.1, -0.05) is 105 Å². The Kier molecular flexibility index (Phi) is 5.63. The number of fused-ring (bicyclic) bond motifs is 9. The van der Waals surface area contributed by atoms with Crippen LogP contribution in [0.1, 0.15) is 25.0 Å². The van der Waals surface area contributed by atoms with Gasteiger partial charge >= 0.3 is 0 Å². The number of nitrogens with zero attached hydrogens (tertiary/aromatic N) is 1. The minimum absolute atomic E-state index is 0.128. The van der Waals surface area contributed by atoms with E-state index in [0.29, 0.717) is 0 Å². The van der Waals surface area contributed by atoms with E-state index in [1.165, 1.54) is 27.8 Å². The molecule has 2 heterocycles. The summed E-state index contributed by atoms with van der Waals surface area (Å²) in [6, 6.07) is 54.1. The predicted octanol–water partition coefficient (Wildman–Crippen LogP) is 12.9. The summed E-state index contributed by atoms with van der Waals surface area (Å²) in [5, 5.41) is 4.39. The lowest BCUT2D eigenvalue weighted by Gasteiger charge is -2.28. The summed E-state index contributed by atoms with van der Waals surface area (Å²) >= 11 is 0. The first-order chi connectivity index (χ1) is 23.5. The molecule has 0 bridgehead atoms. The molecule has 0 saturated carbocycles. The van der Waals surface area contributed by atoms with E-state index in [2.05, 4.69) is 158 Å². The third-order valence-electron chi connectivity index (χ3n) is 10.3. The highest BCUT2D eigenvalue weighted by Crippen LogP contribution is 2.52. The molecule has 0 saturated heterocycles. The monoisotopic (exact) mass is 617 g/mol. The summed E-state index contributed by atoms with van der Waals surface area (Å²) in [5.41, 5.74) is 14.3. The van der Waals surface area contributed by atoms with Gasteiger partial charge < -0.3 is 13.7 Å². The van der Waals surface area contributed by atoms with Crippen LogP contribution in [-0.2, 0) is 5.41 Å². The fourth-order valence-electron chi connectivity index (χ4n) is 7.92. The van der Waals surface area contributed by atoms with E-state index in [9.17, 15) is 0 Å². The van der Waals surface area contributed by atoms with Gasteiger partial charge in [-0.3, -0.25) is 0 Å². The Bertz CT molecular complexity index is 2710. The Morgan fingerprint density at radius 2 is 1.10 bits per heavy atom. The Hall–Kier alpha value is -6.06. The summed E-state index contributed by atoms with van der Waals surface area (Å²) in [5.74, 6) is 0. The molecule has 0 radical (unpaired) electrons. The molecule has 0 unspecified atom stereocenters. The number of rotatable bonds is 4. The van der Waals surface area contributed by atoms with Gasteiger partial charge in [-0.05, 0) is 94.0 Å². The van der Waals surface area contributed by atoms with Crippen molar-refractivity contribution in [3.8, 4) is 22.3 Å². The van der Waals surface area contributed by atoms with E-state index >= 15 is 0 Å². The van der Waals surface area contributed by atoms with E-state index < -0.39 is 0 Å². The zero-order valence-corrected chi connectivity index (χ0v) is 26.7. The van der Waals surface area contributed by atoms with Gasteiger partial charge in [0.05, 0.1) is 11.1 Å². The molecule has 1 aliphatic rings. The molecule has 9 aromatic rings. The highest BCUT2D eigenvalue weighted by atomic mass is 16.3. The van der Waals surface area contributed by atoms with Crippen LogP contribution in [-0.4, -0.2) is 0 Å². The number of hydrogen-bond acceptors (Lipinski definition) is 3. The maximum absolute atomic E-state index is 6.53. The second-order valence-electron chi connectivity index (χ2n) is 13.3. The predicted molar refractivity (Wildman–Crippen MR) is 199 cm³/mol. The van der Waals surface area contributed by atoms with Crippen LogP contribution in [0.4, 0.5) is 17.1 Å². The van der Waals surface area contributed by atoms with Gasteiger partial charge in [-0.25, -0.2) is 0 Å². The standard InChI is InChI=1S/C45H31NO2/c1-45(2)37-15-8-6-13-32(37)33-22-20-31(27-38(33)45)46(30-21-24-41-35(26-30)34-14-7-9-17-40(34)47-41)39-16-10-18-43-44(39)36-25-29(19-23-42(36)48-43)28-11-4-3-5-12-28/h3-27H,1-2H3. The van der Waals surface area contributed by atoms with Gasteiger partial charge in [-0.15, -0.1) is 0 Å². The molecule has 0 N–H and O–H groups in total. The summed E-state index contributed by atoms with van der Waals surface area (Å²) in [4.78, 5) is 2.40. The van der Waals surface area contributed by atoms with Crippen molar-refractivity contribution in [3.63, 3.8) is 0 Å². The van der Waals surface area contributed by atoms with E-state index in [4.69, 9.17) is 8.83 Å². The molecule has 3 heteroatoms. The minimum Gasteiger partial charge on any atom is -0.456 e. The lowest BCUT2D eigenvalue weighted by Crippen LogP contribution is -2.16. The van der Waals surface area contributed by atoms with Crippen molar-refractivity contribution >= 4 is 60.9 Å². The smallest absolute Gasteiger partial charge is 0.137 e. The first-order valence-corrected chi connectivity index (χ1v) is 16.5. The van der Waals surface area contributed by atoms with Gasteiger partial charge in [-0.2, -0.15) is 0 Å². The molecule has 0 aliphatic heterocycles. The molecule has 2 aromatic heterocycles. The highest BCUT2D eigenvalue weighted by Gasteiger charge is 2.36. The molecule has 0 atom stereocenters. The average molecular weight is 618 g/mol. The second kappa shape index (κ2) is 9.97. The number of anilines is 3. The summed E-state index contributed by atoms with van der Waals surface area (Å²) in [6.07, 6.45) is 0. The number of para-hydroxylation sites is 1. The van der Waals surface area contributed by atoms with Crippen LogP contribution in [0.25, 0.3) is 66.1 Å². The molecular formula is C45H31NO2. The van der Waals surface area contributed by atoms with E-state index in [1.807, 2.05) is 12.1 Å². The molecule has 0 spiro atoms. The highest BCUT2D eigenvalue weighted by molar-refractivity contribution is 6.15. The van der Waals surface area contributed by atoms with E-state index in [1.54, 1.807) is 0 Å². The van der Waals surface area contributed by atoms with Gasteiger partial charge in [0, 0.05) is 32.9 Å². The van der Waals surface area contributed by atoms with Gasteiger partial charge in [0.25, 0.3) is 0 Å². The normalized spacial score (nSPS) is 13.4. The maximum atomic E-state index is 6.53. The Morgan fingerprint density at radius 1 is 0.438 bits per heavy atom. The number of benzene rings is 7. The third kappa shape index (κ3) is 3.88. The van der Waals surface area contributed by atoms with Gasteiger partial charge in [0.2, 0.25) is 0 Å². The molecule has 228 valence electrons. The van der Waals surface area contributed by atoms with E-state index in [-0.39, 0.29) is 5.41 Å². The van der Waals surface area contributed by atoms with Crippen molar-refractivity contribution < 1.29 is 8.83 Å². The number of furan rings is 2. The quantitative estimate of drug-likeness (QED) is 0.197. The van der Waals surface area contributed by atoms with Crippen LogP contribution >= 0.6 is 0 Å². The molecule has 7 aromatic carbocycles. The molecule has 0 amide bonds. The fourth-order valence-corrected chi connectivity index (χ4v) is 7.92. The first-order valence-electron chi connectivity index (χ1n) is 16.5. The van der Waals surface area contributed by atoms with Crippen molar-refractivity contribution in [2.24, 2.45) is 0 Å². The largest absolute Gasteiger partial charge is 0.456 e. The topological polar surface area (TPSA) is 29.5 Å². The molecule has 10 rings (SSSR count). The lowest BCUT2D eigenvalue weighted by atomic mass is 9.82. The van der Waals surface area contributed by atoms with Crippen molar-refractivity contribution in [1.29, 1.82) is 0 Å². The van der Waals surface area contributed by atoms with Crippen LogP contribution in [0, 0.1) is 0 Å². The molecule has 3 nitrogen and oxygen atoms in total. The van der Waals surface area contributed by atoms with Crippen LogP contribution in [0.15, 0.2) is 160 Å². The minimum atomic E-state index is -0.128. The molecule has 1 aliphatic carbocycles. The fraction of sp³-hybridized carbons (Fsp3) is 0.0667. The molecular weight excluding hydrogens is 587 g/mol. The molecule has 0 fully saturated rings. The Labute approximate surface area is 278 Å². The molecule has 48 heavy (non-hydrogen) atoms. The lowest BCUT2D eigenvalue weighted by molar-refractivity contribution is 0.660. The third-order valence-corrected chi connectivity index (χ3v) is 10.3. The van der Waals surface area contributed by atoms with Crippen LogP contribution in [0.5, 0.6) is 0 Å². The average Bonchev–Trinajstić information content (AvgIpc) is 3.76. The van der Waals surface area contributed by atoms with E-state index in [0.717, 1.165) is 66.5 Å². The summed E-state index contributed by atoms with van der Waals surface area (Å²) < 4.78 is 12.8. The van der Waals surface area contributed by atoms with Crippen LogP contribution < -0.4 is 4.90 Å². The zero-order chi connectivity index (χ0) is 32.0.